The number of rotatable bonds is 1. The Kier molecular flexibility index (Phi) is 2.59. The normalized spacial score (nSPS) is 18.1. The minimum Gasteiger partial charge on any atom is -0.461 e. The Bertz CT molecular complexity index is 593. The number of esters is 1. The molecule has 18 heavy (non-hydrogen) atoms. The van der Waals surface area contributed by atoms with Crippen molar-refractivity contribution in [2.45, 2.75) is 5.92 Å². The lowest BCUT2D eigenvalue weighted by Gasteiger charge is -2.25. The van der Waals surface area contributed by atoms with E-state index in [0.717, 1.165) is 5.56 Å². The number of hydrogen-bond donors (Lipinski definition) is 0. The third-order valence-electron chi connectivity index (χ3n) is 3.20. The predicted octanol–water partition coefficient (Wildman–Crippen LogP) is 3.13. The van der Waals surface area contributed by atoms with Gasteiger partial charge in [-0.3, -0.25) is 0 Å². The predicted molar refractivity (Wildman–Crippen MR) is 65.0 cm³/mol. The third kappa shape index (κ3) is 1.68. The molecule has 0 bridgehead atoms. The molecule has 0 spiro atoms. The Morgan fingerprint density at radius 2 is 1.83 bits per heavy atom. The molecule has 1 aliphatic heterocycles. The number of carbonyl (C=O) groups is 1. The third-order valence-corrected chi connectivity index (χ3v) is 3.20. The zero-order chi connectivity index (χ0) is 12.5. The standard InChI is InChI=1S/C15H11FO2/c16-13-8-4-7-11-14(13)12(9-18-15(11)17)10-5-2-1-3-6-10/h1-8,12H,9H2. The summed E-state index contributed by atoms with van der Waals surface area (Å²) >= 11 is 0. The van der Waals surface area contributed by atoms with Crippen molar-refractivity contribution in [1.82, 2.24) is 0 Å². The SMILES string of the molecule is O=C1OCC(c2ccccc2)c2c(F)cccc21. The van der Waals surface area contributed by atoms with Gasteiger partial charge in [0, 0.05) is 11.5 Å². The summed E-state index contributed by atoms with van der Waals surface area (Å²) in [5.74, 6) is -1.02. The van der Waals surface area contributed by atoms with Crippen LogP contribution in [0.1, 0.15) is 27.4 Å². The summed E-state index contributed by atoms with van der Waals surface area (Å²) < 4.78 is 19.1. The van der Waals surface area contributed by atoms with Gasteiger partial charge in [-0.2, -0.15) is 0 Å². The van der Waals surface area contributed by atoms with Crippen LogP contribution in [-0.2, 0) is 4.74 Å². The molecule has 0 fully saturated rings. The van der Waals surface area contributed by atoms with E-state index in [2.05, 4.69) is 0 Å². The molecule has 3 rings (SSSR count). The van der Waals surface area contributed by atoms with E-state index in [-0.39, 0.29) is 18.3 Å². The van der Waals surface area contributed by atoms with Crippen LogP contribution in [0.3, 0.4) is 0 Å². The lowest BCUT2D eigenvalue weighted by molar-refractivity contribution is 0.0454. The van der Waals surface area contributed by atoms with Gasteiger partial charge in [0.05, 0.1) is 5.56 Å². The summed E-state index contributed by atoms with van der Waals surface area (Å²) in [6, 6.07) is 14.0. The molecule has 0 saturated carbocycles. The smallest absolute Gasteiger partial charge is 0.338 e. The highest BCUT2D eigenvalue weighted by Crippen LogP contribution is 2.33. The first-order chi connectivity index (χ1) is 8.77. The molecular formula is C15H11FO2. The molecule has 1 unspecified atom stereocenters. The molecule has 0 saturated heterocycles. The van der Waals surface area contributed by atoms with Crippen LogP contribution in [0.15, 0.2) is 48.5 Å². The number of cyclic esters (lactones) is 1. The average molecular weight is 242 g/mol. The molecule has 1 heterocycles. The van der Waals surface area contributed by atoms with Gasteiger partial charge in [-0.25, -0.2) is 9.18 Å². The fourth-order valence-corrected chi connectivity index (χ4v) is 2.34. The highest BCUT2D eigenvalue weighted by molar-refractivity contribution is 5.92. The fourth-order valence-electron chi connectivity index (χ4n) is 2.34. The summed E-state index contributed by atoms with van der Waals surface area (Å²) in [5.41, 5.74) is 1.73. The van der Waals surface area contributed by atoms with Crippen LogP contribution in [0, 0.1) is 5.82 Å². The van der Waals surface area contributed by atoms with E-state index >= 15 is 0 Å². The van der Waals surface area contributed by atoms with Crippen molar-refractivity contribution in [3.05, 3.63) is 71.0 Å². The Morgan fingerprint density at radius 1 is 1.06 bits per heavy atom. The number of carbonyl (C=O) groups excluding carboxylic acids is 1. The van der Waals surface area contributed by atoms with E-state index in [4.69, 9.17) is 4.74 Å². The highest BCUT2D eigenvalue weighted by Gasteiger charge is 2.30. The molecule has 0 aromatic heterocycles. The number of ether oxygens (including phenoxy) is 1. The summed E-state index contributed by atoms with van der Waals surface area (Å²) in [7, 11) is 0. The second-order valence-corrected chi connectivity index (χ2v) is 4.26. The van der Waals surface area contributed by atoms with Crippen molar-refractivity contribution >= 4 is 5.97 Å². The van der Waals surface area contributed by atoms with Crippen LogP contribution in [0.2, 0.25) is 0 Å². The zero-order valence-corrected chi connectivity index (χ0v) is 9.60. The monoisotopic (exact) mass is 242 g/mol. The van der Waals surface area contributed by atoms with Crippen molar-refractivity contribution < 1.29 is 13.9 Å². The highest BCUT2D eigenvalue weighted by atomic mass is 19.1. The maximum absolute atomic E-state index is 14.0. The topological polar surface area (TPSA) is 26.3 Å². The quantitative estimate of drug-likeness (QED) is 0.718. The van der Waals surface area contributed by atoms with Gasteiger partial charge in [0.25, 0.3) is 0 Å². The van der Waals surface area contributed by atoms with Crippen molar-refractivity contribution in [2.24, 2.45) is 0 Å². The number of benzene rings is 2. The van der Waals surface area contributed by atoms with Crippen molar-refractivity contribution in [3.63, 3.8) is 0 Å². The van der Waals surface area contributed by atoms with E-state index < -0.39 is 5.97 Å². The second-order valence-electron chi connectivity index (χ2n) is 4.26. The molecule has 0 N–H and O–H groups in total. The van der Waals surface area contributed by atoms with E-state index in [0.29, 0.717) is 11.1 Å². The van der Waals surface area contributed by atoms with Gasteiger partial charge < -0.3 is 4.74 Å². The summed E-state index contributed by atoms with van der Waals surface area (Å²) in [5, 5.41) is 0. The first-order valence-electron chi connectivity index (χ1n) is 5.78. The van der Waals surface area contributed by atoms with Gasteiger partial charge in [0.15, 0.2) is 0 Å². The zero-order valence-electron chi connectivity index (χ0n) is 9.60. The van der Waals surface area contributed by atoms with Crippen LogP contribution in [0.5, 0.6) is 0 Å². The van der Waals surface area contributed by atoms with Crippen LogP contribution in [-0.4, -0.2) is 12.6 Å². The van der Waals surface area contributed by atoms with E-state index in [9.17, 15) is 9.18 Å². The van der Waals surface area contributed by atoms with Crippen molar-refractivity contribution in [3.8, 4) is 0 Å². The fraction of sp³-hybridized carbons (Fsp3) is 0.133. The maximum Gasteiger partial charge on any atom is 0.338 e. The molecule has 0 radical (unpaired) electrons. The Balaban J connectivity index is 2.16. The molecule has 2 aromatic rings. The molecule has 2 aromatic carbocycles. The van der Waals surface area contributed by atoms with E-state index in [1.165, 1.54) is 12.1 Å². The number of halogens is 1. The van der Waals surface area contributed by atoms with Gasteiger partial charge in [-0.15, -0.1) is 0 Å². The van der Waals surface area contributed by atoms with Gasteiger partial charge >= 0.3 is 5.97 Å². The molecule has 3 heteroatoms. The number of hydrogen-bond acceptors (Lipinski definition) is 2. The Labute approximate surface area is 104 Å². The van der Waals surface area contributed by atoms with Gasteiger partial charge in [-0.1, -0.05) is 36.4 Å². The minimum absolute atomic E-state index is 0.191. The molecule has 1 aliphatic rings. The van der Waals surface area contributed by atoms with Gasteiger partial charge in [0.1, 0.15) is 12.4 Å². The largest absolute Gasteiger partial charge is 0.461 e. The maximum atomic E-state index is 14.0. The van der Waals surface area contributed by atoms with Gasteiger partial charge in [-0.05, 0) is 17.7 Å². The van der Waals surface area contributed by atoms with Crippen LogP contribution in [0.4, 0.5) is 4.39 Å². The molecular weight excluding hydrogens is 231 g/mol. The Hall–Kier alpha value is -2.16. The van der Waals surface area contributed by atoms with Crippen LogP contribution >= 0.6 is 0 Å². The van der Waals surface area contributed by atoms with E-state index in [1.807, 2.05) is 30.3 Å². The van der Waals surface area contributed by atoms with Gasteiger partial charge in [0.2, 0.25) is 0 Å². The molecule has 90 valence electrons. The summed E-state index contributed by atoms with van der Waals surface area (Å²) in [6.45, 7) is 0.191. The van der Waals surface area contributed by atoms with Crippen molar-refractivity contribution in [1.29, 1.82) is 0 Å². The lowest BCUT2D eigenvalue weighted by atomic mass is 9.87. The lowest BCUT2D eigenvalue weighted by Crippen LogP contribution is -2.24. The molecule has 0 aliphatic carbocycles. The Morgan fingerprint density at radius 3 is 2.61 bits per heavy atom. The van der Waals surface area contributed by atoms with Crippen molar-refractivity contribution in [2.75, 3.05) is 6.61 Å². The van der Waals surface area contributed by atoms with Crippen LogP contribution < -0.4 is 0 Å². The average Bonchev–Trinajstić information content (AvgIpc) is 2.41. The summed E-state index contributed by atoms with van der Waals surface area (Å²) in [4.78, 5) is 11.6. The molecule has 1 atom stereocenters. The number of fused-ring (bicyclic) bond motifs is 1. The first-order valence-corrected chi connectivity index (χ1v) is 5.78. The molecule has 0 amide bonds. The van der Waals surface area contributed by atoms with Crippen LogP contribution in [0.25, 0.3) is 0 Å². The minimum atomic E-state index is -0.448. The first kappa shape index (κ1) is 11.0. The molecule has 2 nitrogen and oxygen atoms in total. The summed E-state index contributed by atoms with van der Waals surface area (Å²) in [6.07, 6.45) is 0. The second kappa shape index (κ2) is 4.26. The van der Waals surface area contributed by atoms with E-state index in [1.54, 1.807) is 6.07 Å².